The number of likely N-dealkylation sites (tertiary alicyclic amines) is 1. The fraction of sp³-hybridized carbons (Fsp3) is 0.944. The van der Waals surface area contributed by atoms with E-state index in [1.165, 1.54) is 51.6 Å². The van der Waals surface area contributed by atoms with E-state index in [4.69, 9.17) is 4.74 Å². The Morgan fingerprint density at radius 1 is 1.30 bits per heavy atom. The number of aliphatic imine (C=N–C) groups is 1. The van der Waals surface area contributed by atoms with Crippen molar-refractivity contribution in [2.24, 2.45) is 16.3 Å². The zero-order chi connectivity index (χ0) is 15.7. The Labute approximate surface area is 140 Å². The van der Waals surface area contributed by atoms with Crippen LogP contribution in [-0.2, 0) is 4.74 Å². The molecule has 0 aromatic heterocycles. The molecule has 23 heavy (non-hydrogen) atoms. The SMILES string of the molecule is CN=C(NCCN(CC1CC1)C1CC1)N1CCC2(CCOC2)C1. The third-order valence-corrected chi connectivity index (χ3v) is 6.07. The summed E-state index contributed by atoms with van der Waals surface area (Å²) in [6, 6.07) is 0.880. The van der Waals surface area contributed by atoms with Crippen molar-refractivity contribution in [1.82, 2.24) is 15.1 Å². The largest absolute Gasteiger partial charge is 0.381 e. The molecule has 2 aliphatic heterocycles. The monoisotopic (exact) mass is 320 g/mol. The summed E-state index contributed by atoms with van der Waals surface area (Å²) >= 11 is 0. The summed E-state index contributed by atoms with van der Waals surface area (Å²) in [6.45, 7) is 7.64. The minimum absolute atomic E-state index is 0.406. The molecule has 1 spiro atoms. The van der Waals surface area contributed by atoms with Gasteiger partial charge in [-0.2, -0.15) is 0 Å². The van der Waals surface area contributed by atoms with E-state index in [-0.39, 0.29) is 0 Å². The van der Waals surface area contributed by atoms with E-state index in [1.807, 2.05) is 7.05 Å². The number of ether oxygens (including phenoxy) is 1. The van der Waals surface area contributed by atoms with Gasteiger partial charge >= 0.3 is 0 Å². The van der Waals surface area contributed by atoms with E-state index in [0.29, 0.717) is 5.41 Å². The second-order valence-corrected chi connectivity index (χ2v) is 8.12. The maximum atomic E-state index is 5.64. The summed E-state index contributed by atoms with van der Waals surface area (Å²) in [7, 11) is 1.92. The van der Waals surface area contributed by atoms with E-state index in [9.17, 15) is 0 Å². The standard InChI is InChI=1S/C18H32N4O/c1-19-17(22-9-6-18(13-22)7-11-23-14-18)20-8-10-21(16-4-5-16)12-15-2-3-15/h15-16H,2-14H2,1H3,(H,19,20). The molecule has 0 radical (unpaired) electrons. The van der Waals surface area contributed by atoms with Gasteiger partial charge in [-0.15, -0.1) is 0 Å². The van der Waals surface area contributed by atoms with E-state index < -0.39 is 0 Å². The van der Waals surface area contributed by atoms with Crippen LogP contribution in [0.5, 0.6) is 0 Å². The van der Waals surface area contributed by atoms with Crippen molar-refractivity contribution < 1.29 is 4.74 Å². The Bertz CT molecular complexity index is 438. The van der Waals surface area contributed by atoms with Crippen LogP contribution in [0.4, 0.5) is 0 Å². The van der Waals surface area contributed by atoms with Gasteiger partial charge in [-0.3, -0.25) is 9.89 Å². The van der Waals surface area contributed by atoms with Gasteiger partial charge in [0.05, 0.1) is 6.61 Å². The number of rotatable bonds is 6. The predicted octanol–water partition coefficient (Wildman–Crippen LogP) is 1.55. The number of hydrogen-bond donors (Lipinski definition) is 1. The van der Waals surface area contributed by atoms with Crippen LogP contribution in [0.1, 0.15) is 38.5 Å². The first-order valence-corrected chi connectivity index (χ1v) is 9.55. The fourth-order valence-electron chi connectivity index (χ4n) is 4.23. The lowest BCUT2D eigenvalue weighted by Crippen LogP contribution is -2.44. The summed E-state index contributed by atoms with van der Waals surface area (Å²) < 4.78 is 5.64. The highest BCUT2D eigenvalue weighted by Gasteiger charge is 2.42. The van der Waals surface area contributed by atoms with Gasteiger partial charge < -0.3 is 15.0 Å². The van der Waals surface area contributed by atoms with Gasteiger partial charge in [0.2, 0.25) is 0 Å². The van der Waals surface area contributed by atoms with Crippen LogP contribution >= 0.6 is 0 Å². The smallest absolute Gasteiger partial charge is 0.193 e. The van der Waals surface area contributed by atoms with E-state index in [1.54, 1.807) is 0 Å². The topological polar surface area (TPSA) is 40.1 Å². The third-order valence-electron chi connectivity index (χ3n) is 6.07. The van der Waals surface area contributed by atoms with E-state index >= 15 is 0 Å². The van der Waals surface area contributed by atoms with Gasteiger partial charge in [-0.05, 0) is 44.4 Å². The average molecular weight is 320 g/mol. The molecular formula is C18H32N4O. The van der Waals surface area contributed by atoms with Gasteiger partial charge in [-0.25, -0.2) is 0 Å². The van der Waals surface area contributed by atoms with Crippen LogP contribution in [0.25, 0.3) is 0 Å². The predicted molar refractivity (Wildman–Crippen MR) is 92.7 cm³/mol. The molecule has 1 unspecified atom stereocenters. The van der Waals surface area contributed by atoms with Gasteiger partial charge in [0, 0.05) is 57.8 Å². The molecule has 130 valence electrons. The molecular weight excluding hydrogens is 288 g/mol. The first-order valence-electron chi connectivity index (χ1n) is 9.55. The molecule has 1 atom stereocenters. The third kappa shape index (κ3) is 3.82. The molecule has 2 saturated heterocycles. The van der Waals surface area contributed by atoms with E-state index in [2.05, 4.69) is 20.1 Å². The summed E-state index contributed by atoms with van der Waals surface area (Å²) in [5.41, 5.74) is 0.406. The molecule has 2 aliphatic carbocycles. The highest BCUT2D eigenvalue weighted by Crippen LogP contribution is 2.38. The molecule has 0 amide bonds. The molecule has 1 N–H and O–H groups in total. The Hall–Kier alpha value is -0.810. The van der Waals surface area contributed by atoms with Crippen LogP contribution in [0.2, 0.25) is 0 Å². The van der Waals surface area contributed by atoms with Crippen molar-refractivity contribution in [3.05, 3.63) is 0 Å². The molecule has 2 saturated carbocycles. The Morgan fingerprint density at radius 2 is 2.17 bits per heavy atom. The molecule has 0 aromatic rings. The van der Waals surface area contributed by atoms with Crippen molar-refractivity contribution in [1.29, 1.82) is 0 Å². The zero-order valence-electron chi connectivity index (χ0n) is 14.6. The number of guanidine groups is 1. The van der Waals surface area contributed by atoms with Crippen LogP contribution in [-0.4, -0.2) is 74.8 Å². The average Bonchev–Trinajstić information content (AvgIpc) is 3.49. The maximum Gasteiger partial charge on any atom is 0.193 e. The van der Waals surface area contributed by atoms with Gasteiger partial charge in [0.1, 0.15) is 0 Å². The lowest BCUT2D eigenvalue weighted by molar-refractivity contribution is 0.156. The first kappa shape index (κ1) is 15.7. The second-order valence-electron chi connectivity index (χ2n) is 8.12. The summed E-state index contributed by atoms with van der Waals surface area (Å²) in [4.78, 5) is 9.69. The maximum absolute atomic E-state index is 5.64. The minimum Gasteiger partial charge on any atom is -0.381 e. The first-order chi connectivity index (χ1) is 11.3. The highest BCUT2D eigenvalue weighted by atomic mass is 16.5. The van der Waals surface area contributed by atoms with Gasteiger partial charge in [0.25, 0.3) is 0 Å². The Balaban J connectivity index is 1.24. The van der Waals surface area contributed by atoms with Crippen LogP contribution < -0.4 is 5.32 Å². The lowest BCUT2D eigenvalue weighted by Gasteiger charge is -2.26. The van der Waals surface area contributed by atoms with Crippen molar-refractivity contribution >= 4 is 5.96 Å². The summed E-state index contributed by atoms with van der Waals surface area (Å²) in [6.07, 6.45) is 8.21. The molecule has 5 nitrogen and oxygen atoms in total. The molecule has 0 aromatic carbocycles. The Morgan fingerprint density at radius 3 is 2.83 bits per heavy atom. The van der Waals surface area contributed by atoms with Crippen molar-refractivity contribution in [2.75, 3.05) is 53.0 Å². The van der Waals surface area contributed by atoms with Crippen LogP contribution in [0.15, 0.2) is 4.99 Å². The molecule has 4 fully saturated rings. The molecule has 5 heteroatoms. The molecule has 2 heterocycles. The highest BCUT2D eigenvalue weighted by molar-refractivity contribution is 5.80. The molecule has 4 rings (SSSR count). The Kier molecular flexibility index (Phi) is 4.50. The normalized spacial score (nSPS) is 31.6. The quantitative estimate of drug-likeness (QED) is 0.595. The van der Waals surface area contributed by atoms with Gasteiger partial charge in [0.15, 0.2) is 5.96 Å². The second kappa shape index (κ2) is 6.60. The molecule has 4 aliphatic rings. The number of hydrogen-bond acceptors (Lipinski definition) is 3. The minimum atomic E-state index is 0.406. The number of nitrogens with zero attached hydrogens (tertiary/aromatic N) is 3. The van der Waals surface area contributed by atoms with Crippen LogP contribution in [0.3, 0.4) is 0 Å². The van der Waals surface area contributed by atoms with Crippen molar-refractivity contribution in [2.45, 2.75) is 44.6 Å². The van der Waals surface area contributed by atoms with Crippen LogP contribution in [0, 0.1) is 11.3 Å². The van der Waals surface area contributed by atoms with Gasteiger partial charge in [-0.1, -0.05) is 0 Å². The lowest BCUT2D eigenvalue weighted by atomic mass is 9.87. The molecule has 0 bridgehead atoms. The summed E-state index contributed by atoms with van der Waals surface area (Å²) in [5, 5.41) is 3.62. The number of nitrogens with one attached hydrogen (secondary N) is 1. The zero-order valence-corrected chi connectivity index (χ0v) is 14.6. The van der Waals surface area contributed by atoms with E-state index in [0.717, 1.165) is 50.8 Å². The summed E-state index contributed by atoms with van der Waals surface area (Å²) in [5.74, 6) is 2.09. The fourth-order valence-corrected chi connectivity index (χ4v) is 4.23. The van der Waals surface area contributed by atoms with Crippen molar-refractivity contribution in [3.8, 4) is 0 Å². The van der Waals surface area contributed by atoms with Crippen molar-refractivity contribution in [3.63, 3.8) is 0 Å².